The van der Waals surface area contributed by atoms with Crippen LogP contribution in [0.15, 0.2) is 18.2 Å². The Bertz CT molecular complexity index is 1040. The van der Waals surface area contributed by atoms with Crippen molar-refractivity contribution >= 4 is 22.9 Å². The van der Waals surface area contributed by atoms with E-state index < -0.39 is 40.0 Å². The predicted molar refractivity (Wildman–Crippen MR) is 117 cm³/mol. The van der Waals surface area contributed by atoms with Gasteiger partial charge in [-0.3, -0.25) is 9.59 Å². The van der Waals surface area contributed by atoms with E-state index >= 15 is 0 Å². The van der Waals surface area contributed by atoms with E-state index in [-0.39, 0.29) is 11.1 Å². The number of benzene rings is 2. The fourth-order valence-corrected chi connectivity index (χ4v) is 3.52. The third-order valence-electron chi connectivity index (χ3n) is 5.10. The van der Waals surface area contributed by atoms with Gasteiger partial charge in [0.05, 0.1) is 22.3 Å². The number of likely N-dealkylation sites (N-methyl/N-ethyl adjacent to an activating group) is 2. The summed E-state index contributed by atoms with van der Waals surface area (Å²) < 4.78 is 14.0. The molecule has 0 unspecified atom stereocenters. The number of rotatable bonds is 8. The normalized spacial score (nSPS) is 12.9. The fraction of sp³-hybridized carbons (Fsp3) is 0.364. The van der Waals surface area contributed by atoms with Crippen molar-refractivity contribution in [3.05, 3.63) is 46.3 Å². The quantitative estimate of drug-likeness (QED) is 0.402. The summed E-state index contributed by atoms with van der Waals surface area (Å²) in [6.07, 6.45) is 0. The number of hydrogen-bond donors (Lipinski definition) is 4. The highest BCUT2D eigenvalue weighted by molar-refractivity contribution is 6.33. The van der Waals surface area contributed by atoms with Gasteiger partial charge < -0.3 is 30.6 Å². The molecule has 3 rings (SSSR count). The molecule has 1 aliphatic carbocycles. The first-order valence-electron chi connectivity index (χ1n) is 9.91. The number of hydrogen-bond acceptors (Lipinski definition) is 8. The summed E-state index contributed by atoms with van der Waals surface area (Å²) in [5.41, 5.74) is 0.0665. The van der Waals surface area contributed by atoms with E-state index in [0.29, 0.717) is 43.6 Å². The monoisotopic (exact) mass is 430 g/mol. The molecule has 1 aliphatic rings. The number of halogens is 1. The van der Waals surface area contributed by atoms with Gasteiger partial charge in [0.25, 0.3) is 0 Å². The van der Waals surface area contributed by atoms with E-state index in [0.717, 1.165) is 0 Å². The SMILES string of the molecule is CN(C)CCNc1ccc(NCCN(C)C)c2c1C(=O)c1c(O)cc(F)c(O)c1C2=O. The van der Waals surface area contributed by atoms with Gasteiger partial charge in [-0.25, -0.2) is 4.39 Å². The molecule has 0 spiro atoms. The molecule has 2 aromatic carbocycles. The molecule has 166 valence electrons. The van der Waals surface area contributed by atoms with Gasteiger partial charge >= 0.3 is 0 Å². The highest BCUT2D eigenvalue weighted by Gasteiger charge is 2.39. The standard InChI is InChI=1S/C22H27FN4O4/c1-26(2)9-7-24-13-5-6-14(25-8-10-27(3)4)17-16(13)21(30)18-15(28)11-12(23)20(29)19(18)22(17)31/h5-6,11,24-25,28-29H,7-10H2,1-4H3. The lowest BCUT2D eigenvalue weighted by molar-refractivity contribution is 0.0974. The molecule has 0 saturated carbocycles. The lowest BCUT2D eigenvalue weighted by Crippen LogP contribution is -2.27. The smallest absolute Gasteiger partial charge is 0.200 e. The number of anilines is 2. The molecule has 0 saturated heterocycles. The first kappa shape index (κ1) is 22.5. The van der Waals surface area contributed by atoms with Crippen molar-refractivity contribution in [1.82, 2.24) is 9.80 Å². The molecule has 9 heteroatoms. The Labute approximate surface area is 180 Å². The van der Waals surface area contributed by atoms with E-state index in [9.17, 15) is 24.2 Å². The van der Waals surface area contributed by atoms with Gasteiger partial charge in [-0.15, -0.1) is 0 Å². The highest BCUT2D eigenvalue weighted by atomic mass is 19.1. The van der Waals surface area contributed by atoms with Crippen molar-refractivity contribution < 1.29 is 24.2 Å². The number of carbonyl (C=O) groups is 2. The van der Waals surface area contributed by atoms with Crippen LogP contribution in [0.2, 0.25) is 0 Å². The minimum absolute atomic E-state index is 0.0476. The summed E-state index contributed by atoms with van der Waals surface area (Å²) in [5.74, 6) is -4.16. The van der Waals surface area contributed by atoms with Gasteiger partial charge in [0.1, 0.15) is 5.75 Å². The average Bonchev–Trinajstić information content (AvgIpc) is 2.68. The molecular formula is C22H27FN4O4. The van der Waals surface area contributed by atoms with Crippen LogP contribution in [-0.4, -0.2) is 85.9 Å². The number of phenolic OH excluding ortho intramolecular Hbond substituents is 2. The van der Waals surface area contributed by atoms with Crippen LogP contribution in [0.25, 0.3) is 0 Å². The number of carbonyl (C=O) groups excluding carboxylic acids is 2. The number of fused-ring (bicyclic) bond motifs is 2. The molecule has 4 N–H and O–H groups in total. The Kier molecular flexibility index (Phi) is 6.47. The van der Waals surface area contributed by atoms with Crippen molar-refractivity contribution in [3.63, 3.8) is 0 Å². The van der Waals surface area contributed by atoms with Crippen LogP contribution in [0, 0.1) is 5.82 Å². The summed E-state index contributed by atoms with van der Waals surface area (Å²) in [7, 11) is 7.64. The van der Waals surface area contributed by atoms with Gasteiger partial charge in [-0.05, 0) is 40.3 Å². The maximum absolute atomic E-state index is 14.0. The minimum Gasteiger partial charge on any atom is -0.507 e. The van der Waals surface area contributed by atoms with E-state index in [1.165, 1.54) is 0 Å². The Morgan fingerprint density at radius 1 is 0.806 bits per heavy atom. The summed E-state index contributed by atoms with van der Waals surface area (Å²) in [6.45, 7) is 2.38. The second-order valence-electron chi connectivity index (χ2n) is 8.01. The molecule has 0 radical (unpaired) electrons. The number of phenols is 2. The Morgan fingerprint density at radius 2 is 1.26 bits per heavy atom. The molecule has 0 fully saturated rings. The van der Waals surface area contributed by atoms with Crippen LogP contribution in [0.5, 0.6) is 11.5 Å². The first-order chi connectivity index (χ1) is 14.6. The van der Waals surface area contributed by atoms with Crippen molar-refractivity contribution in [2.45, 2.75) is 0 Å². The molecule has 0 amide bonds. The zero-order valence-electron chi connectivity index (χ0n) is 18.0. The molecule has 8 nitrogen and oxygen atoms in total. The van der Waals surface area contributed by atoms with Crippen LogP contribution >= 0.6 is 0 Å². The zero-order valence-corrected chi connectivity index (χ0v) is 18.0. The van der Waals surface area contributed by atoms with Crippen LogP contribution in [0.1, 0.15) is 31.8 Å². The molecule has 0 aliphatic heterocycles. The zero-order chi connectivity index (χ0) is 22.9. The van der Waals surface area contributed by atoms with Crippen LogP contribution in [0.4, 0.5) is 15.8 Å². The van der Waals surface area contributed by atoms with Crippen molar-refractivity contribution in [2.75, 3.05) is 65.0 Å². The van der Waals surface area contributed by atoms with Crippen molar-refractivity contribution in [2.24, 2.45) is 0 Å². The summed E-state index contributed by atoms with van der Waals surface area (Å²) >= 11 is 0. The Balaban J connectivity index is 2.14. The fourth-order valence-electron chi connectivity index (χ4n) is 3.52. The number of nitrogens with one attached hydrogen (secondary N) is 2. The number of ketones is 2. The molecule has 0 atom stereocenters. The molecule has 2 aromatic rings. The van der Waals surface area contributed by atoms with Crippen molar-refractivity contribution in [1.29, 1.82) is 0 Å². The van der Waals surface area contributed by atoms with Gasteiger partial charge in [-0.2, -0.15) is 0 Å². The van der Waals surface area contributed by atoms with E-state index in [1.54, 1.807) is 12.1 Å². The van der Waals surface area contributed by atoms with Crippen molar-refractivity contribution in [3.8, 4) is 11.5 Å². The summed E-state index contributed by atoms with van der Waals surface area (Å²) in [4.78, 5) is 30.6. The van der Waals surface area contributed by atoms with Gasteiger partial charge in [0.2, 0.25) is 11.6 Å². The number of aromatic hydroxyl groups is 2. The molecule has 0 bridgehead atoms. The van der Waals surface area contributed by atoms with Gasteiger partial charge in [0.15, 0.2) is 11.6 Å². The third kappa shape index (κ3) is 4.33. The average molecular weight is 430 g/mol. The number of nitrogens with zero attached hydrogens (tertiary/aromatic N) is 2. The topological polar surface area (TPSA) is 105 Å². The van der Waals surface area contributed by atoms with Crippen LogP contribution in [0.3, 0.4) is 0 Å². The van der Waals surface area contributed by atoms with E-state index in [2.05, 4.69) is 10.6 Å². The van der Waals surface area contributed by atoms with Crippen LogP contribution in [-0.2, 0) is 0 Å². The third-order valence-corrected chi connectivity index (χ3v) is 5.10. The minimum atomic E-state index is -1.16. The van der Waals surface area contributed by atoms with Gasteiger partial charge in [0, 0.05) is 43.6 Å². The second kappa shape index (κ2) is 8.91. The second-order valence-corrected chi connectivity index (χ2v) is 8.01. The maximum atomic E-state index is 14.0. The molecule has 31 heavy (non-hydrogen) atoms. The Morgan fingerprint density at radius 3 is 1.71 bits per heavy atom. The highest BCUT2D eigenvalue weighted by Crippen LogP contribution is 2.43. The van der Waals surface area contributed by atoms with E-state index in [4.69, 9.17) is 0 Å². The summed E-state index contributed by atoms with van der Waals surface area (Å²) in [5, 5.41) is 26.7. The lowest BCUT2D eigenvalue weighted by Gasteiger charge is -2.25. The molecular weight excluding hydrogens is 403 g/mol. The molecule has 0 heterocycles. The largest absolute Gasteiger partial charge is 0.507 e. The van der Waals surface area contributed by atoms with Crippen LogP contribution < -0.4 is 10.6 Å². The van der Waals surface area contributed by atoms with E-state index in [1.807, 2.05) is 38.0 Å². The lowest BCUT2D eigenvalue weighted by atomic mass is 9.81. The summed E-state index contributed by atoms with van der Waals surface area (Å²) in [6, 6.07) is 4.02. The maximum Gasteiger partial charge on any atom is 0.200 e. The first-order valence-corrected chi connectivity index (χ1v) is 9.91. The Hall–Kier alpha value is -3.17. The predicted octanol–water partition coefficient (Wildman–Crippen LogP) is 1.96. The molecule has 0 aromatic heterocycles. The van der Waals surface area contributed by atoms with Gasteiger partial charge in [-0.1, -0.05) is 0 Å².